The number of likely N-dealkylation sites (N-methyl/N-ethyl adjacent to an activating group) is 1. The number of hydrogen-bond acceptors (Lipinski definition) is 4. The number of nitrogens with one attached hydrogen (secondary N) is 2. The Bertz CT molecular complexity index is 498. The van der Waals surface area contributed by atoms with Gasteiger partial charge in [0.05, 0.1) is 11.1 Å². The Hall–Kier alpha value is -1.92. The standard InChI is InChI=1S/C13H15N3O3.ClH/c1-14-6-7-15-11(17)8-16-12(18)9-4-2-3-5-10(9)13(16)19;/h2-5,14H,6-8H2,1H3,(H,15,17);1H. The van der Waals surface area contributed by atoms with Crippen LogP contribution in [0, 0.1) is 0 Å². The number of carbonyl (C=O) groups is 3. The Morgan fingerprint density at radius 3 is 2.15 bits per heavy atom. The zero-order valence-electron chi connectivity index (χ0n) is 11.0. The SMILES string of the molecule is CNCCNC(=O)CN1C(=O)c2ccccc2C1=O.Cl. The molecule has 108 valence electrons. The highest BCUT2D eigenvalue weighted by atomic mass is 35.5. The number of hydrogen-bond donors (Lipinski definition) is 2. The molecule has 0 saturated carbocycles. The van der Waals surface area contributed by atoms with Crippen molar-refractivity contribution < 1.29 is 14.4 Å². The number of amides is 3. The van der Waals surface area contributed by atoms with Crippen LogP contribution >= 0.6 is 12.4 Å². The van der Waals surface area contributed by atoms with Gasteiger partial charge in [-0.1, -0.05) is 12.1 Å². The predicted octanol–water partition coefficient (Wildman–Crippen LogP) is 0.0400. The van der Waals surface area contributed by atoms with Crippen molar-refractivity contribution in [3.63, 3.8) is 0 Å². The largest absolute Gasteiger partial charge is 0.353 e. The first-order valence-corrected chi connectivity index (χ1v) is 6.01. The second kappa shape index (κ2) is 7.02. The summed E-state index contributed by atoms with van der Waals surface area (Å²) in [4.78, 5) is 36.6. The third-order valence-corrected chi connectivity index (χ3v) is 2.88. The summed E-state index contributed by atoms with van der Waals surface area (Å²) in [5, 5.41) is 5.52. The molecule has 0 bridgehead atoms. The zero-order valence-corrected chi connectivity index (χ0v) is 11.8. The molecule has 2 N–H and O–H groups in total. The quantitative estimate of drug-likeness (QED) is 0.594. The molecule has 0 saturated heterocycles. The number of imide groups is 1. The molecule has 1 aliphatic heterocycles. The first-order chi connectivity index (χ1) is 9.15. The monoisotopic (exact) mass is 297 g/mol. The van der Waals surface area contributed by atoms with E-state index in [-0.39, 0.29) is 24.9 Å². The van der Waals surface area contributed by atoms with Gasteiger partial charge < -0.3 is 10.6 Å². The fraction of sp³-hybridized carbons (Fsp3) is 0.308. The van der Waals surface area contributed by atoms with Crippen molar-refractivity contribution in [3.05, 3.63) is 35.4 Å². The minimum absolute atomic E-state index is 0. The smallest absolute Gasteiger partial charge is 0.262 e. The van der Waals surface area contributed by atoms with Gasteiger partial charge in [0.15, 0.2) is 0 Å². The maximum absolute atomic E-state index is 12.0. The summed E-state index contributed by atoms with van der Waals surface area (Å²) in [6, 6.07) is 6.57. The van der Waals surface area contributed by atoms with Crippen LogP contribution in [0.5, 0.6) is 0 Å². The average molecular weight is 298 g/mol. The minimum atomic E-state index is -0.413. The van der Waals surface area contributed by atoms with E-state index in [0.717, 1.165) is 4.90 Å². The minimum Gasteiger partial charge on any atom is -0.353 e. The highest BCUT2D eigenvalue weighted by molar-refractivity contribution is 6.22. The van der Waals surface area contributed by atoms with E-state index in [4.69, 9.17) is 0 Å². The molecule has 1 heterocycles. The number of halogens is 1. The number of fused-ring (bicyclic) bond motifs is 1. The Labute approximate surface area is 122 Å². The summed E-state index contributed by atoms with van der Waals surface area (Å²) in [7, 11) is 1.77. The molecule has 3 amide bonds. The molecule has 0 atom stereocenters. The summed E-state index contributed by atoms with van der Waals surface area (Å²) >= 11 is 0. The fourth-order valence-corrected chi connectivity index (χ4v) is 1.91. The van der Waals surface area contributed by atoms with Gasteiger partial charge in [-0.15, -0.1) is 12.4 Å². The lowest BCUT2D eigenvalue weighted by Gasteiger charge is -2.13. The van der Waals surface area contributed by atoms with Gasteiger partial charge in [-0.25, -0.2) is 0 Å². The van der Waals surface area contributed by atoms with Gasteiger partial charge in [0.25, 0.3) is 11.8 Å². The Morgan fingerprint density at radius 1 is 1.10 bits per heavy atom. The molecule has 0 fully saturated rings. The van der Waals surface area contributed by atoms with Gasteiger partial charge in [-0.2, -0.15) is 0 Å². The molecular formula is C13H16ClN3O3. The van der Waals surface area contributed by atoms with Gasteiger partial charge in [0, 0.05) is 13.1 Å². The Kier molecular flexibility index (Phi) is 5.66. The zero-order chi connectivity index (χ0) is 13.8. The summed E-state index contributed by atoms with van der Waals surface area (Å²) in [5.41, 5.74) is 0.714. The molecule has 2 rings (SSSR count). The van der Waals surface area contributed by atoms with E-state index in [1.807, 2.05) is 0 Å². The molecule has 1 aromatic rings. The van der Waals surface area contributed by atoms with E-state index in [1.165, 1.54) is 0 Å². The molecule has 0 unspecified atom stereocenters. The molecule has 1 aliphatic rings. The average Bonchev–Trinajstić information content (AvgIpc) is 2.65. The van der Waals surface area contributed by atoms with Gasteiger partial charge in [0.2, 0.25) is 5.91 Å². The maximum Gasteiger partial charge on any atom is 0.262 e. The molecule has 20 heavy (non-hydrogen) atoms. The van der Waals surface area contributed by atoms with Crippen LogP contribution in [0.15, 0.2) is 24.3 Å². The summed E-state index contributed by atoms with van der Waals surface area (Å²) < 4.78 is 0. The third kappa shape index (κ3) is 3.15. The van der Waals surface area contributed by atoms with Crippen molar-refractivity contribution in [1.29, 1.82) is 0 Å². The van der Waals surface area contributed by atoms with Crippen molar-refractivity contribution >= 4 is 30.1 Å². The lowest BCUT2D eigenvalue weighted by molar-refractivity contribution is -0.121. The topological polar surface area (TPSA) is 78.5 Å². The lowest BCUT2D eigenvalue weighted by Crippen LogP contribution is -2.41. The first-order valence-electron chi connectivity index (χ1n) is 6.01. The van der Waals surface area contributed by atoms with Crippen molar-refractivity contribution in [2.45, 2.75) is 0 Å². The number of rotatable bonds is 5. The van der Waals surface area contributed by atoms with Gasteiger partial charge in [0.1, 0.15) is 6.54 Å². The second-order valence-electron chi connectivity index (χ2n) is 4.20. The van der Waals surface area contributed by atoms with Crippen molar-refractivity contribution in [1.82, 2.24) is 15.5 Å². The molecule has 6 nitrogen and oxygen atoms in total. The van der Waals surface area contributed by atoms with Gasteiger partial charge >= 0.3 is 0 Å². The van der Waals surface area contributed by atoms with Crippen LogP contribution in [0.4, 0.5) is 0 Å². The first kappa shape index (κ1) is 16.1. The summed E-state index contributed by atoms with van der Waals surface area (Å²) in [6.45, 7) is 0.850. The van der Waals surface area contributed by atoms with E-state index in [9.17, 15) is 14.4 Å². The highest BCUT2D eigenvalue weighted by Crippen LogP contribution is 2.21. The van der Waals surface area contributed by atoms with Crippen LogP contribution in [0.1, 0.15) is 20.7 Å². The van der Waals surface area contributed by atoms with Crippen LogP contribution in [-0.2, 0) is 4.79 Å². The van der Waals surface area contributed by atoms with E-state index < -0.39 is 11.8 Å². The van der Waals surface area contributed by atoms with Gasteiger partial charge in [-0.05, 0) is 19.2 Å². The molecule has 1 aromatic carbocycles. The number of benzene rings is 1. The predicted molar refractivity (Wildman–Crippen MR) is 76.0 cm³/mol. The van der Waals surface area contributed by atoms with Crippen molar-refractivity contribution in [3.8, 4) is 0 Å². The molecular weight excluding hydrogens is 282 g/mol. The van der Waals surface area contributed by atoms with Crippen LogP contribution in [0.3, 0.4) is 0 Å². The van der Waals surface area contributed by atoms with E-state index >= 15 is 0 Å². The lowest BCUT2D eigenvalue weighted by atomic mass is 10.1. The van der Waals surface area contributed by atoms with Crippen molar-refractivity contribution in [2.75, 3.05) is 26.7 Å². The van der Waals surface area contributed by atoms with E-state index in [0.29, 0.717) is 24.2 Å². The summed E-state index contributed by atoms with van der Waals surface area (Å²) in [5.74, 6) is -1.17. The van der Waals surface area contributed by atoms with E-state index in [2.05, 4.69) is 10.6 Å². The van der Waals surface area contributed by atoms with Crippen molar-refractivity contribution in [2.24, 2.45) is 0 Å². The highest BCUT2D eigenvalue weighted by Gasteiger charge is 2.35. The number of carbonyl (C=O) groups excluding carboxylic acids is 3. The van der Waals surface area contributed by atoms with E-state index in [1.54, 1.807) is 31.3 Å². The fourth-order valence-electron chi connectivity index (χ4n) is 1.91. The van der Waals surface area contributed by atoms with Gasteiger partial charge in [-0.3, -0.25) is 19.3 Å². The molecule has 0 spiro atoms. The molecule has 0 radical (unpaired) electrons. The second-order valence-corrected chi connectivity index (χ2v) is 4.20. The third-order valence-electron chi connectivity index (χ3n) is 2.88. The van der Waals surface area contributed by atoms with Crippen LogP contribution in [0.25, 0.3) is 0 Å². The molecule has 7 heteroatoms. The summed E-state index contributed by atoms with van der Waals surface area (Å²) in [6.07, 6.45) is 0. The normalized spacial score (nSPS) is 12.9. The molecule has 0 aliphatic carbocycles. The number of nitrogens with zero attached hydrogens (tertiary/aromatic N) is 1. The molecule has 0 aromatic heterocycles. The van der Waals surface area contributed by atoms with Crippen LogP contribution in [0.2, 0.25) is 0 Å². The van der Waals surface area contributed by atoms with Crippen LogP contribution < -0.4 is 10.6 Å². The Balaban J connectivity index is 0.00000200. The maximum atomic E-state index is 12.0. The Morgan fingerprint density at radius 2 is 1.65 bits per heavy atom. The van der Waals surface area contributed by atoms with Crippen LogP contribution in [-0.4, -0.2) is 49.3 Å².